The third kappa shape index (κ3) is 4.63. The van der Waals surface area contributed by atoms with Crippen molar-refractivity contribution in [3.05, 3.63) is 64.9 Å². The number of hydrogen-bond acceptors (Lipinski definition) is 5. The van der Waals surface area contributed by atoms with Crippen molar-refractivity contribution < 1.29 is 9.18 Å². The summed E-state index contributed by atoms with van der Waals surface area (Å²) in [7, 11) is 0. The number of thiophene rings is 1. The Kier molecular flexibility index (Phi) is 6.09. The van der Waals surface area contributed by atoms with Gasteiger partial charge in [-0.1, -0.05) is 23.9 Å². The molecule has 0 N–H and O–H groups in total. The van der Waals surface area contributed by atoms with Crippen molar-refractivity contribution >= 4 is 29.0 Å². The molecule has 1 aromatic carbocycles. The normalized spacial score (nSPS) is 15.1. The molecule has 4 rings (SSSR count). The Labute approximate surface area is 171 Å². The Morgan fingerprint density at radius 2 is 2.04 bits per heavy atom. The van der Waals surface area contributed by atoms with Crippen molar-refractivity contribution in [1.29, 1.82) is 0 Å². The Morgan fingerprint density at radius 3 is 2.79 bits per heavy atom. The summed E-state index contributed by atoms with van der Waals surface area (Å²) in [6.07, 6.45) is 3.45. The van der Waals surface area contributed by atoms with E-state index in [1.54, 1.807) is 34.4 Å². The number of piperazine rings is 1. The molecule has 0 unspecified atom stereocenters. The molecule has 0 radical (unpaired) electrons. The van der Waals surface area contributed by atoms with Crippen LogP contribution in [-0.2, 0) is 11.3 Å². The highest BCUT2D eigenvalue weighted by atomic mass is 32.2. The minimum Gasteiger partial charge on any atom is -0.339 e. The standard InChI is InChI=1S/C20H21FN4OS2/c21-16-3-1-4-17(13-16)25-7-6-22-20(25)28-15-19(26)24-10-8-23(9-11-24)14-18-5-2-12-27-18/h1-7,12-13H,8-11,14-15H2. The summed E-state index contributed by atoms with van der Waals surface area (Å²) in [5.41, 5.74) is 0.703. The highest BCUT2D eigenvalue weighted by Gasteiger charge is 2.22. The number of carbonyl (C=O) groups excluding carboxylic acids is 1. The summed E-state index contributed by atoms with van der Waals surface area (Å²) in [6.45, 7) is 4.25. The van der Waals surface area contributed by atoms with Gasteiger partial charge in [0, 0.05) is 50.0 Å². The molecule has 146 valence electrons. The van der Waals surface area contributed by atoms with Gasteiger partial charge in [0.25, 0.3) is 0 Å². The molecular weight excluding hydrogens is 395 g/mol. The second-order valence-corrected chi connectivity index (χ2v) is 8.56. The van der Waals surface area contributed by atoms with Gasteiger partial charge in [-0.3, -0.25) is 14.3 Å². The van der Waals surface area contributed by atoms with Gasteiger partial charge in [-0.15, -0.1) is 11.3 Å². The Morgan fingerprint density at radius 1 is 1.18 bits per heavy atom. The van der Waals surface area contributed by atoms with E-state index < -0.39 is 0 Å². The lowest BCUT2D eigenvalue weighted by Crippen LogP contribution is -2.48. The Hall–Kier alpha value is -2.16. The maximum atomic E-state index is 13.5. The average molecular weight is 417 g/mol. The molecule has 0 aliphatic carbocycles. The Bertz CT molecular complexity index is 920. The molecule has 0 saturated carbocycles. The molecule has 1 aliphatic rings. The molecule has 0 spiro atoms. The molecule has 1 aliphatic heterocycles. The number of carbonyl (C=O) groups is 1. The first-order valence-corrected chi connectivity index (χ1v) is 11.0. The largest absolute Gasteiger partial charge is 0.339 e. The zero-order valence-corrected chi connectivity index (χ0v) is 17.0. The summed E-state index contributed by atoms with van der Waals surface area (Å²) >= 11 is 3.16. The highest BCUT2D eigenvalue weighted by molar-refractivity contribution is 7.99. The van der Waals surface area contributed by atoms with E-state index in [0.717, 1.165) is 32.7 Å². The first-order valence-electron chi connectivity index (χ1n) is 9.13. The number of hydrogen-bond donors (Lipinski definition) is 0. The van der Waals surface area contributed by atoms with Crippen LogP contribution in [0.4, 0.5) is 4.39 Å². The highest BCUT2D eigenvalue weighted by Crippen LogP contribution is 2.22. The van der Waals surface area contributed by atoms with Gasteiger partial charge in [-0.05, 0) is 29.6 Å². The van der Waals surface area contributed by atoms with Crippen LogP contribution in [0, 0.1) is 5.82 Å². The van der Waals surface area contributed by atoms with Crippen molar-refractivity contribution in [2.75, 3.05) is 31.9 Å². The topological polar surface area (TPSA) is 41.4 Å². The molecule has 5 nitrogen and oxygen atoms in total. The average Bonchev–Trinajstić information content (AvgIpc) is 3.38. The summed E-state index contributed by atoms with van der Waals surface area (Å²) in [6, 6.07) is 10.6. The van der Waals surface area contributed by atoms with E-state index in [9.17, 15) is 9.18 Å². The Balaban J connectivity index is 1.29. The molecule has 0 atom stereocenters. The van der Waals surface area contributed by atoms with Crippen LogP contribution in [0.15, 0.2) is 59.3 Å². The number of halogens is 1. The molecule has 2 aromatic heterocycles. The molecule has 3 aromatic rings. The predicted molar refractivity (Wildman–Crippen MR) is 110 cm³/mol. The van der Waals surface area contributed by atoms with E-state index in [2.05, 4.69) is 27.4 Å². The monoisotopic (exact) mass is 416 g/mol. The minimum absolute atomic E-state index is 0.120. The van der Waals surface area contributed by atoms with Gasteiger partial charge < -0.3 is 4.90 Å². The van der Waals surface area contributed by atoms with E-state index >= 15 is 0 Å². The third-order valence-corrected chi connectivity index (χ3v) is 6.52. The number of benzene rings is 1. The van der Waals surface area contributed by atoms with Gasteiger partial charge in [0.15, 0.2) is 5.16 Å². The molecule has 8 heteroatoms. The number of thioether (sulfide) groups is 1. The molecule has 1 amide bonds. The summed E-state index contributed by atoms with van der Waals surface area (Å²) in [4.78, 5) is 22.6. The fraction of sp³-hybridized carbons (Fsp3) is 0.300. The molecule has 28 heavy (non-hydrogen) atoms. The molecule has 3 heterocycles. The van der Waals surface area contributed by atoms with Gasteiger partial charge in [-0.25, -0.2) is 9.37 Å². The van der Waals surface area contributed by atoms with Crippen molar-refractivity contribution in [1.82, 2.24) is 19.4 Å². The van der Waals surface area contributed by atoms with Crippen LogP contribution in [0.2, 0.25) is 0 Å². The second kappa shape index (κ2) is 8.89. The number of amides is 1. The number of nitrogens with zero attached hydrogens (tertiary/aromatic N) is 4. The van der Waals surface area contributed by atoms with Crippen molar-refractivity contribution in [2.24, 2.45) is 0 Å². The molecule has 1 saturated heterocycles. The summed E-state index contributed by atoms with van der Waals surface area (Å²) in [5, 5.41) is 2.79. The van der Waals surface area contributed by atoms with E-state index in [4.69, 9.17) is 0 Å². The summed E-state index contributed by atoms with van der Waals surface area (Å²) < 4.78 is 15.3. The first-order chi connectivity index (χ1) is 13.7. The van der Waals surface area contributed by atoms with Crippen LogP contribution in [0.25, 0.3) is 5.69 Å². The van der Waals surface area contributed by atoms with Crippen LogP contribution < -0.4 is 0 Å². The van der Waals surface area contributed by atoms with Gasteiger partial charge in [-0.2, -0.15) is 0 Å². The van der Waals surface area contributed by atoms with Gasteiger partial charge in [0.1, 0.15) is 5.82 Å². The zero-order chi connectivity index (χ0) is 19.3. The second-order valence-electron chi connectivity index (χ2n) is 6.58. The van der Waals surface area contributed by atoms with Gasteiger partial charge >= 0.3 is 0 Å². The van der Waals surface area contributed by atoms with Crippen LogP contribution in [0.1, 0.15) is 4.88 Å². The van der Waals surface area contributed by atoms with Crippen LogP contribution in [-0.4, -0.2) is 57.2 Å². The predicted octanol–water partition coefficient (Wildman–Crippen LogP) is 3.51. The molecular formula is C20H21FN4OS2. The van der Waals surface area contributed by atoms with Crippen LogP contribution in [0.3, 0.4) is 0 Å². The lowest BCUT2D eigenvalue weighted by Gasteiger charge is -2.34. The van der Waals surface area contributed by atoms with E-state index in [1.807, 2.05) is 11.0 Å². The third-order valence-electron chi connectivity index (χ3n) is 4.70. The maximum absolute atomic E-state index is 13.5. The van der Waals surface area contributed by atoms with E-state index in [0.29, 0.717) is 16.6 Å². The van der Waals surface area contributed by atoms with Crippen LogP contribution >= 0.6 is 23.1 Å². The lowest BCUT2D eigenvalue weighted by atomic mass is 10.3. The van der Waals surface area contributed by atoms with Crippen molar-refractivity contribution in [3.63, 3.8) is 0 Å². The van der Waals surface area contributed by atoms with Gasteiger partial charge in [0.05, 0.1) is 11.4 Å². The van der Waals surface area contributed by atoms with E-state index in [-0.39, 0.29) is 11.7 Å². The van der Waals surface area contributed by atoms with Crippen molar-refractivity contribution in [3.8, 4) is 5.69 Å². The van der Waals surface area contributed by atoms with E-state index in [1.165, 1.54) is 28.8 Å². The number of aromatic nitrogens is 2. The lowest BCUT2D eigenvalue weighted by molar-refractivity contribution is -0.130. The summed E-state index contributed by atoms with van der Waals surface area (Å²) in [5.74, 6) is 0.158. The quantitative estimate of drug-likeness (QED) is 0.577. The SMILES string of the molecule is O=C(CSc1nccn1-c1cccc(F)c1)N1CCN(Cc2cccs2)CC1. The number of imidazole rings is 1. The fourth-order valence-corrected chi connectivity index (χ4v) is 4.84. The van der Waals surface area contributed by atoms with Crippen LogP contribution in [0.5, 0.6) is 0 Å². The fourth-order valence-electron chi connectivity index (χ4n) is 3.21. The smallest absolute Gasteiger partial charge is 0.233 e. The van der Waals surface area contributed by atoms with Gasteiger partial charge in [0.2, 0.25) is 5.91 Å². The molecule has 1 fully saturated rings. The zero-order valence-electron chi connectivity index (χ0n) is 15.3. The number of rotatable bonds is 6. The maximum Gasteiger partial charge on any atom is 0.233 e. The first kappa shape index (κ1) is 19.2. The van der Waals surface area contributed by atoms with Crippen molar-refractivity contribution in [2.45, 2.75) is 11.7 Å². The minimum atomic E-state index is -0.293. The molecule has 0 bridgehead atoms.